The van der Waals surface area contributed by atoms with E-state index in [1.54, 1.807) is 54.6 Å². The van der Waals surface area contributed by atoms with E-state index < -0.39 is 0 Å². The van der Waals surface area contributed by atoms with E-state index in [-0.39, 0.29) is 17.2 Å². The number of hydrogen-bond donors (Lipinski definition) is 1. The molecule has 158 valence electrons. The molecule has 0 unspecified atom stereocenters. The van der Waals surface area contributed by atoms with Crippen molar-refractivity contribution < 1.29 is 9.53 Å². The summed E-state index contributed by atoms with van der Waals surface area (Å²) in [7, 11) is 0. The maximum Gasteiger partial charge on any atom is 0.276 e. The first-order valence-corrected chi connectivity index (χ1v) is 11.7. The zero-order valence-corrected chi connectivity index (χ0v) is 18.9. The summed E-state index contributed by atoms with van der Waals surface area (Å²) < 4.78 is 7.47. The molecular formula is C22H18ClN3O3S2. The molecule has 2 aromatic heterocycles. The predicted molar refractivity (Wildman–Crippen MR) is 127 cm³/mol. The number of carbonyl (C=O) groups is 1. The number of halogens is 1. The van der Waals surface area contributed by atoms with Crippen LogP contribution in [-0.2, 0) is 4.79 Å². The highest BCUT2D eigenvalue weighted by Gasteiger charge is 2.16. The molecule has 0 aliphatic heterocycles. The van der Waals surface area contributed by atoms with E-state index in [0.29, 0.717) is 38.4 Å². The van der Waals surface area contributed by atoms with Gasteiger partial charge in [-0.15, -0.1) is 11.3 Å². The maximum absolute atomic E-state index is 13.1. The van der Waals surface area contributed by atoms with E-state index in [1.165, 1.54) is 27.7 Å². The molecule has 0 radical (unpaired) electrons. The van der Waals surface area contributed by atoms with Gasteiger partial charge in [-0.2, -0.15) is 0 Å². The normalized spacial score (nSPS) is 10.9. The molecule has 0 saturated carbocycles. The van der Waals surface area contributed by atoms with E-state index in [4.69, 9.17) is 16.3 Å². The van der Waals surface area contributed by atoms with Gasteiger partial charge in [-0.1, -0.05) is 29.4 Å². The van der Waals surface area contributed by atoms with E-state index >= 15 is 0 Å². The summed E-state index contributed by atoms with van der Waals surface area (Å²) in [5.41, 5.74) is 1.71. The molecule has 0 spiro atoms. The first-order valence-electron chi connectivity index (χ1n) is 9.47. The molecule has 0 aliphatic carbocycles. The third-order valence-corrected chi connectivity index (χ3v) is 6.36. The Kier molecular flexibility index (Phi) is 6.60. The lowest BCUT2D eigenvalue weighted by Crippen LogP contribution is -2.22. The molecule has 31 heavy (non-hydrogen) atoms. The number of nitrogens with one attached hydrogen (secondary N) is 1. The number of rotatable bonds is 7. The van der Waals surface area contributed by atoms with Crippen LogP contribution in [0.15, 0.2) is 69.9 Å². The number of aromatic nitrogens is 2. The summed E-state index contributed by atoms with van der Waals surface area (Å²) in [5, 5.41) is 5.62. The van der Waals surface area contributed by atoms with Gasteiger partial charge in [-0.25, -0.2) is 4.98 Å². The number of hydrogen-bond acceptors (Lipinski definition) is 6. The van der Waals surface area contributed by atoms with Gasteiger partial charge < -0.3 is 10.1 Å². The fraction of sp³-hybridized carbons (Fsp3) is 0.136. The third kappa shape index (κ3) is 4.92. The van der Waals surface area contributed by atoms with Gasteiger partial charge in [0.1, 0.15) is 10.4 Å². The molecule has 0 aliphatic rings. The zero-order chi connectivity index (χ0) is 21.8. The molecule has 1 N–H and O–H groups in total. The smallest absolute Gasteiger partial charge is 0.276 e. The SMILES string of the molecule is CCOc1ccc(NC(=O)CSc2nc3ccsc3c(=O)n2-c2cccc(Cl)c2)cc1. The van der Waals surface area contributed by atoms with Crippen LogP contribution in [0, 0.1) is 0 Å². The molecule has 2 heterocycles. The Morgan fingerprint density at radius 2 is 2.03 bits per heavy atom. The van der Waals surface area contributed by atoms with Crippen LogP contribution in [0.25, 0.3) is 15.9 Å². The maximum atomic E-state index is 13.1. The summed E-state index contributed by atoms with van der Waals surface area (Å²) in [4.78, 5) is 30.2. The lowest BCUT2D eigenvalue weighted by Gasteiger charge is -2.12. The fourth-order valence-electron chi connectivity index (χ4n) is 2.96. The highest BCUT2D eigenvalue weighted by molar-refractivity contribution is 7.99. The molecule has 9 heteroatoms. The van der Waals surface area contributed by atoms with Crippen molar-refractivity contribution in [2.45, 2.75) is 12.1 Å². The van der Waals surface area contributed by atoms with Crippen molar-refractivity contribution in [2.24, 2.45) is 0 Å². The molecule has 4 rings (SSSR count). The van der Waals surface area contributed by atoms with E-state index in [9.17, 15) is 9.59 Å². The Bertz CT molecular complexity index is 1290. The molecule has 0 fully saturated rings. The Balaban J connectivity index is 1.57. The molecule has 0 bridgehead atoms. The summed E-state index contributed by atoms with van der Waals surface area (Å²) in [5.74, 6) is 0.635. The van der Waals surface area contributed by atoms with E-state index in [1.807, 2.05) is 12.3 Å². The lowest BCUT2D eigenvalue weighted by atomic mass is 10.3. The minimum Gasteiger partial charge on any atom is -0.494 e. The summed E-state index contributed by atoms with van der Waals surface area (Å²) >= 11 is 8.67. The van der Waals surface area contributed by atoms with E-state index in [0.717, 1.165) is 5.75 Å². The molecule has 2 aromatic carbocycles. The average Bonchev–Trinajstić information content (AvgIpc) is 3.23. The van der Waals surface area contributed by atoms with Gasteiger partial charge in [-0.05, 0) is 60.8 Å². The number of thiophene rings is 1. The second-order valence-electron chi connectivity index (χ2n) is 6.44. The van der Waals surface area contributed by atoms with Crippen LogP contribution in [-0.4, -0.2) is 27.8 Å². The van der Waals surface area contributed by atoms with Gasteiger partial charge in [-0.3, -0.25) is 14.2 Å². The zero-order valence-electron chi connectivity index (χ0n) is 16.5. The van der Waals surface area contributed by atoms with Gasteiger partial charge in [0.15, 0.2) is 5.16 Å². The lowest BCUT2D eigenvalue weighted by molar-refractivity contribution is -0.113. The van der Waals surface area contributed by atoms with Crippen molar-refractivity contribution >= 4 is 56.5 Å². The summed E-state index contributed by atoms with van der Waals surface area (Å²) in [6, 6.07) is 16.0. The minimum atomic E-state index is -0.202. The quantitative estimate of drug-likeness (QED) is 0.295. The Labute approximate surface area is 191 Å². The highest BCUT2D eigenvalue weighted by atomic mass is 35.5. The second kappa shape index (κ2) is 9.55. The van der Waals surface area contributed by atoms with Crippen molar-refractivity contribution in [1.82, 2.24) is 9.55 Å². The van der Waals surface area contributed by atoms with E-state index in [2.05, 4.69) is 10.3 Å². The number of amides is 1. The number of carbonyl (C=O) groups excluding carboxylic acids is 1. The Morgan fingerprint density at radius 1 is 1.23 bits per heavy atom. The number of anilines is 1. The van der Waals surface area contributed by atoms with Gasteiger partial charge in [0, 0.05) is 10.7 Å². The van der Waals surface area contributed by atoms with Crippen molar-refractivity contribution in [3.63, 3.8) is 0 Å². The van der Waals surface area contributed by atoms with Crippen LogP contribution in [0.3, 0.4) is 0 Å². The van der Waals surface area contributed by atoms with Crippen LogP contribution in [0.2, 0.25) is 5.02 Å². The first-order chi connectivity index (χ1) is 15.0. The minimum absolute atomic E-state index is 0.0931. The van der Waals surface area contributed by atoms with Crippen molar-refractivity contribution in [2.75, 3.05) is 17.7 Å². The predicted octanol–water partition coefficient (Wildman–Crippen LogP) is 5.23. The summed E-state index contributed by atoms with van der Waals surface area (Å²) in [6.07, 6.45) is 0. The molecular weight excluding hydrogens is 454 g/mol. The van der Waals surface area contributed by atoms with Crippen LogP contribution in [0.5, 0.6) is 5.75 Å². The van der Waals surface area contributed by atoms with Crippen LogP contribution in [0.1, 0.15) is 6.92 Å². The number of nitrogens with zero attached hydrogens (tertiary/aromatic N) is 2. The van der Waals surface area contributed by atoms with Crippen LogP contribution < -0.4 is 15.6 Å². The second-order valence-corrected chi connectivity index (χ2v) is 8.74. The third-order valence-electron chi connectivity index (χ3n) is 4.30. The largest absolute Gasteiger partial charge is 0.494 e. The van der Waals surface area contributed by atoms with Crippen molar-refractivity contribution in [1.29, 1.82) is 0 Å². The first kappa shape index (κ1) is 21.4. The van der Waals surface area contributed by atoms with Crippen molar-refractivity contribution in [3.8, 4) is 11.4 Å². The number of fused-ring (bicyclic) bond motifs is 1. The Morgan fingerprint density at radius 3 is 2.77 bits per heavy atom. The van der Waals surface area contributed by atoms with Crippen LogP contribution in [0.4, 0.5) is 5.69 Å². The van der Waals surface area contributed by atoms with Crippen molar-refractivity contribution in [3.05, 3.63) is 75.4 Å². The highest BCUT2D eigenvalue weighted by Crippen LogP contribution is 2.25. The van der Waals surface area contributed by atoms with Gasteiger partial charge >= 0.3 is 0 Å². The van der Waals surface area contributed by atoms with Crippen LogP contribution >= 0.6 is 34.7 Å². The topological polar surface area (TPSA) is 73.2 Å². The molecule has 4 aromatic rings. The number of ether oxygens (including phenoxy) is 1. The molecule has 6 nitrogen and oxygen atoms in total. The van der Waals surface area contributed by atoms with Gasteiger partial charge in [0.25, 0.3) is 5.56 Å². The van der Waals surface area contributed by atoms with Gasteiger partial charge in [0.2, 0.25) is 5.91 Å². The monoisotopic (exact) mass is 471 g/mol. The fourth-order valence-corrected chi connectivity index (χ4v) is 4.72. The summed E-state index contributed by atoms with van der Waals surface area (Å²) in [6.45, 7) is 2.50. The number of benzene rings is 2. The Hall–Kier alpha value is -2.81. The number of thioether (sulfide) groups is 1. The molecule has 1 amide bonds. The molecule has 0 atom stereocenters. The average molecular weight is 472 g/mol. The van der Waals surface area contributed by atoms with Gasteiger partial charge in [0.05, 0.1) is 23.6 Å². The molecule has 0 saturated heterocycles. The standard InChI is InChI=1S/C22H18ClN3O3S2/c1-2-29-17-8-6-15(7-9-17)24-19(27)13-31-22-25-18-10-11-30-20(18)21(28)26(22)16-5-3-4-14(23)12-16/h3-12H,2,13H2,1H3,(H,24,27).